The highest BCUT2D eigenvalue weighted by Crippen LogP contribution is 2.25. The first-order chi connectivity index (χ1) is 6.83. The lowest BCUT2D eigenvalue weighted by Gasteiger charge is -2.23. The van der Waals surface area contributed by atoms with Crippen molar-refractivity contribution in [3.8, 4) is 5.75 Å². The molecule has 0 radical (unpaired) electrons. The highest BCUT2D eigenvalue weighted by molar-refractivity contribution is 6.30. The summed E-state index contributed by atoms with van der Waals surface area (Å²) >= 11 is 5.80. The summed E-state index contributed by atoms with van der Waals surface area (Å²) in [6.07, 6.45) is 0. The zero-order valence-corrected chi connectivity index (χ0v) is 9.76. The van der Waals surface area contributed by atoms with E-state index in [0.29, 0.717) is 10.8 Å². The number of nitrogens with two attached hydrogens (primary N) is 1. The number of rotatable bonds is 3. The Morgan fingerprint density at radius 2 is 2.07 bits per heavy atom. The average Bonchev–Trinajstić information content (AvgIpc) is 2.09. The van der Waals surface area contributed by atoms with Gasteiger partial charge in [-0.2, -0.15) is 0 Å². The molecule has 1 amide bonds. The van der Waals surface area contributed by atoms with Gasteiger partial charge in [0, 0.05) is 5.02 Å². The first kappa shape index (κ1) is 11.9. The molecule has 1 aromatic carbocycles. The Labute approximate surface area is 94.2 Å². The fourth-order valence-electron chi connectivity index (χ4n) is 1.05. The molecule has 0 atom stereocenters. The molecular weight excluding hydrogens is 214 g/mol. The molecule has 82 valence electrons. The third-order valence-corrected chi connectivity index (χ3v) is 2.33. The van der Waals surface area contributed by atoms with Crippen molar-refractivity contribution in [2.45, 2.75) is 26.4 Å². The van der Waals surface area contributed by atoms with Gasteiger partial charge in [0.25, 0.3) is 5.91 Å². The molecule has 0 fully saturated rings. The van der Waals surface area contributed by atoms with E-state index in [1.54, 1.807) is 32.0 Å². The van der Waals surface area contributed by atoms with Gasteiger partial charge in [-0.05, 0) is 44.5 Å². The van der Waals surface area contributed by atoms with Crippen LogP contribution in [0.4, 0.5) is 0 Å². The van der Waals surface area contributed by atoms with Crippen molar-refractivity contribution in [2.24, 2.45) is 5.73 Å². The number of aryl methyl sites for hydroxylation is 1. The molecule has 3 nitrogen and oxygen atoms in total. The van der Waals surface area contributed by atoms with Crippen LogP contribution in [0.15, 0.2) is 18.2 Å². The lowest BCUT2D eigenvalue weighted by molar-refractivity contribution is -0.130. The molecule has 0 aliphatic rings. The monoisotopic (exact) mass is 227 g/mol. The summed E-state index contributed by atoms with van der Waals surface area (Å²) in [6.45, 7) is 5.12. The summed E-state index contributed by atoms with van der Waals surface area (Å²) in [5.41, 5.74) is 5.06. The van der Waals surface area contributed by atoms with Crippen LogP contribution in [-0.2, 0) is 4.79 Å². The Hall–Kier alpha value is -1.22. The zero-order valence-electron chi connectivity index (χ0n) is 9.00. The molecular formula is C11H14ClNO2. The van der Waals surface area contributed by atoms with E-state index in [-0.39, 0.29) is 0 Å². The van der Waals surface area contributed by atoms with Gasteiger partial charge in [0.05, 0.1) is 0 Å². The first-order valence-corrected chi connectivity index (χ1v) is 4.96. The standard InChI is InChI=1S/C11H14ClNO2/c1-7-6-8(12)4-5-9(7)15-11(2,3)10(13)14/h4-6H,1-3H3,(H2,13,14). The van der Waals surface area contributed by atoms with Crippen molar-refractivity contribution < 1.29 is 9.53 Å². The van der Waals surface area contributed by atoms with E-state index < -0.39 is 11.5 Å². The predicted molar refractivity (Wildman–Crippen MR) is 60.1 cm³/mol. The first-order valence-electron chi connectivity index (χ1n) is 4.58. The number of amides is 1. The summed E-state index contributed by atoms with van der Waals surface area (Å²) in [4.78, 5) is 11.1. The summed E-state index contributed by atoms with van der Waals surface area (Å²) in [7, 11) is 0. The maximum absolute atomic E-state index is 11.1. The van der Waals surface area contributed by atoms with Gasteiger partial charge >= 0.3 is 0 Å². The topological polar surface area (TPSA) is 52.3 Å². The van der Waals surface area contributed by atoms with Crippen LogP contribution in [0.2, 0.25) is 5.02 Å². The quantitative estimate of drug-likeness (QED) is 0.862. The predicted octanol–water partition coefficient (Wildman–Crippen LogP) is 2.29. The smallest absolute Gasteiger partial charge is 0.261 e. The lowest BCUT2D eigenvalue weighted by atomic mass is 10.1. The Kier molecular flexibility index (Phi) is 3.25. The molecule has 4 heteroatoms. The van der Waals surface area contributed by atoms with E-state index in [1.807, 2.05) is 6.92 Å². The molecule has 1 rings (SSSR count). The largest absolute Gasteiger partial charge is 0.478 e. The van der Waals surface area contributed by atoms with Gasteiger partial charge in [-0.15, -0.1) is 0 Å². The van der Waals surface area contributed by atoms with E-state index in [9.17, 15) is 4.79 Å². The number of carbonyl (C=O) groups is 1. The molecule has 0 aliphatic carbocycles. The maximum atomic E-state index is 11.1. The van der Waals surface area contributed by atoms with Crippen LogP contribution in [0, 0.1) is 6.92 Å². The van der Waals surface area contributed by atoms with Gasteiger partial charge in [0.15, 0.2) is 5.60 Å². The van der Waals surface area contributed by atoms with Crippen LogP contribution in [0.3, 0.4) is 0 Å². The Bertz CT molecular complexity index is 388. The minimum Gasteiger partial charge on any atom is -0.478 e. The molecule has 0 unspecified atom stereocenters. The molecule has 0 aliphatic heterocycles. The molecule has 0 spiro atoms. The van der Waals surface area contributed by atoms with E-state index in [4.69, 9.17) is 22.1 Å². The molecule has 15 heavy (non-hydrogen) atoms. The van der Waals surface area contributed by atoms with Crippen LogP contribution in [0.25, 0.3) is 0 Å². The van der Waals surface area contributed by atoms with Crippen molar-refractivity contribution >= 4 is 17.5 Å². The van der Waals surface area contributed by atoms with Crippen molar-refractivity contribution in [3.63, 3.8) is 0 Å². The van der Waals surface area contributed by atoms with Crippen LogP contribution in [0.5, 0.6) is 5.75 Å². The summed E-state index contributed by atoms with van der Waals surface area (Å²) in [5.74, 6) is 0.111. The van der Waals surface area contributed by atoms with Crippen LogP contribution < -0.4 is 10.5 Å². The lowest BCUT2D eigenvalue weighted by Crippen LogP contribution is -2.43. The van der Waals surface area contributed by atoms with E-state index in [2.05, 4.69) is 0 Å². The Morgan fingerprint density at radius 3 is 2.53 bits per heavy atom. The highest BCUT2D eigenvalue weighted by Gasteiger charge is 2.27. The second-order valence-electron chi connectivity index (χ2n) is 3.89. The summed E-state index contributed by atoms with van der Waals surface area (Å²) in [5, 5.41) is 0.636. The van der Waals surface area contributed by atoms with Crippen molar-refractivity contribution in [1.82, 2.24) is 0 Å². The van der Waals surface area contributed by atoms with E-state index in [1.165, 1.54) is 0 Å². The average molecular weight is 228 g/mol. The van der Waals surface area contributed by atoms with Crippen molar-refractivity contribution in [1.29, 1.82) is 0 Å². The Morgan fingerprint density at radius 1 is 1.47 bits per heavy atom. The van der Waals surface area contributed by atoms with E-state index >= 15 is 0 Å². The third-order valence-electron chi connectivity index (χ3n) is 2.10. The molecule has 0 heterocycles. The molecule has 0 saturated carbocycles. The van der Waals surface area contributed by atoms with Crippen molar-refractivity contribution in [3.05, 3.63) is 28.8 Å². The molecule has 2 N–H and O–H groups in total. The second kappa shape index (κ2) is 4.11. The van der Waals surface area contributed by atoms with Gasteiger partial charge in [-0.1, -0.05) is 11.6 Å². The van der Waals surface area contributed by atoms with Crippen molar-refractivity contribution in [2.75, 3.05) is 0 Å². The maximum Gasteiger partial charge on any atom is 0.261 e. The third kappa shape index (κ3) is 2.86. The second-order valence-corrected chi connectivity index (χ2v) is 4.32. The van der Waals surface area contributed by atoms with Crippen LogP contribution >= 0.6 is 11.6 Å². The van der Waals surface area contributed by atoms with Gasteiger partial charge < -0.3 is 10.5 Å². The number of carbonyl (C=O) groups excluding carboxylic acids is 1. The number of primary amides is 1. The number of hydrogen-bond acceptors (Lipinski definition) is 2. The van der Waals surface area contributed by atoms with Gasteiger partial charge in [-0.25, -0.2) is 0 Å². The normalized spacial score (nSPS) is 11.2. The van der Waals surface area contributed by atoms with Gasteiger partial charge in [0.2, 0.25) is 0 Å². The summed E-state index contributed by atoms with van der Waals surface area (Å²) < 4.78 is 5.52. The number of halogens is 1. The van der Waals surface area contributed by atoms with Crippen LogP contribution in [0.1, 0.15) is 19.4 Å². The van der Waals surface area contributed by atoms with Crippen LogP contribution in [-0.4, -0.2) is 11.5 Å². The minimum atomic E-state index is -1.02. The zero-order chi connectivity index (χ0) is 11.6. The Balaban J connectivity index is 2.95. The molecule has 0 aromatic heterocycles. The van der Waals surface area contributed by atoms with E-state index in [0.717, 1.165) is 5.56 Å². The number of hydrogen-bond donors (Lipinski definition) is 1. The molecule has 1 aromatic rings. The fraction of sp³-hybridized carbons (Fsp3) is 0.364. The number of benzene rings is 1. The molecule has 0 saturated heterocycles. The SMILES string of the molecule is Cc1cc(Cl)ccc1OC(C)(C)C(N)=O. The van der Waals surface area contributed by atoms with Gasteiger partial charge in [0.1, 0.15) is 5.75 Å². The minimum absolute atomic E-state index is 0.503. The number of ether oxygens (including phenoxy) is 1. The summed E-state index contributed by atoms with van der Waals surface area (Å²) in [6, 6.07) is 5.21. The fourth-order valence-corrected chi connectivity index (χ4v) is 1.28. The van der Waals surface area contributed by atoms with Gasteiger partial charge in [-0.3, -0.25) is 4.79 Å². The highest BCUT2D eigenvalue weighted by atomic mass is 35.5. The molecule has 0 bridgehead atoms.